The number of benzene rings is 1. The van der Waals surface area contributed by atoms with Gasteiger partial charge in [0.25, 0.3) is 0 Å². The number of hydrogen-bond acceptors (Lipinski definition) is 0. The van der Waals surface area contributed by atoms with E-state index < -0.39 is 0 Å². The second-order valence-electron chi connectivity index (χ2n) is 7.81. The van der Waals surface area contributed by atoms with E-state index in [-0.39, 0.29) is 0 Å². The molecule has 0 bridgehead atoms. The van der Waals surface area contributed by atoms with Gasteiger partial charge in [-0.1, -0.05) is 189 Å². The molecule has 0 nitrogen and oxygen atoms in total. The molecule has 0 saturated carbocycles. The van der Waals surface area contributed by atoms with Crippen molar-refractivity contribution in [3.63, 3.8) is 0 Å². The largest absolute Gasteiger partial charge is 0.0683 e. The molecule has 0 unspecified atom stereocenters. The fourth-order valence-electron chi connectivity index (χ4n) is 2.35. The Labute approximate surface area is 208 Å². The molecule has 0 spiro atoms. The summed E-state index contributed by atoms with van der Waals surface area (Å²) in [4.78, 5) is 0. The summed E-state index contributed by atoms with van der Waals surface area (Å²) in [6, 6.07) is 8.66. The molecule has 0 amide bonds. The van der Waals surface area contributed by atoms with Gasteiger partial charge in [-0.2, -0.15) is 0 Å². The maximum atomic E-state index is 2.26. The molecule has 1 aromatic carbocycles. The van der Waals surface area contributed by atoms with E-state index in [9.17, 15) is 0 Å². The van der Waals surface area contributed by atoms with Gasteiger partial charge >= 0.3 is 0 Å². The molecule has 0 aliphatic rings. The fraction of sp³-hybridized carbons (Fsp3) is 0.812. The highest BCUT2D eigenvalue weighted by Crippen LogP contribution is 2.03. The van der Waals surface area contributed by atoms with Gasteiger partial charge in [0.15, 0.2) is 0 Å². The van der Waals surface area contributed by atoms with Crippen LogP contribution in [0.5, 0.6) is 0 Å². The van der Waals surface area contributed by atoms with Crippen molar-refractivity contribution in [2.75, 3.05) is 0 Å². The molecule has 0 radical (unpaired) electrons. The first-order chi connectivity index (χ1) is 15.6. The van der Waals surface area contributed by atoms with Crippen LogP contribution in [0, 0.1) is 6.92 Å². The Balaban J connectivity index is -0.0000000987. The van der Waals surface area contributed by atoms with Crippen LogP contribution in [0.3, 0.4) is 0 Å². The van der Waals surface area contributed by atoms with Gasteiger partial charge in [-0.15, -0.1) is 0 Å². The average molecular weight is 453 g/mol. The summed E-state index contributed by atoms with van der Waals surface area (Å²) in [6.45, 7) is 25.6. The lowest BCUT2D eigenvalue weighted by Crippen LogP contribution is -1.77. The average Bonchev–Trinajstić information content (AvgIpc) is 2.86. The number of rotatable bonds is 11. The molecule has 0 fully saturated rings. The Morgan fingerprint density at radius 3 is 0.906 bits per heavy atom. The summed E-state index contributed by atoms with van der Waals surface area (Å²) in [6.07, 6.45) is 19.3. The Hall–Kier alpha value is -0.780. The van der Waals surface area contributed by atoms with Crippen LogP contribution in [0.25, 0.3) is 0 Å². The molecule has 0 aliphatic carbocycles. The molecular formula is C32H68. The van der Waals surface area contributed by atoms with Crippen molar-refractivity contribution in [1.29, 1.82) is 0 Å². The Morgan fingerprint density at radius 1 is 0.406 bits per heavy atom. The summed E-state index contributed by atoms with van der Waals surface area (Å²) < 4.78 is 0. The standard InChI is InChI=1S/C9H12.C8H18.C7H16.C4H10.2C2H6/c1-3-9-6-4-8(2)5-7-9;1-3-5-7-8-6-4-2;1-3-5-7-6-4-2;1-3-4-2;2*1-2/h4-7H,3H2,1-2H3;3-8H2,1-2H3;3-7H2,1-2H3;3-4H2,1-2H3;2*1-2H3. The minimum atomic E-state index is 1.14. The lowest BCUT2D eigenvalue weighted by Gasteiger charge is -1.94. The van der Waals surface area contributed by atoms with Crippen molar-refractivity contribution in [2.45, 2.75) is 173 Å². The van der Waals surface area contributed by atoms with Crippen molar-refractivity contribution in [2.24, 2.45) is 0 Å². The van der Waals surface area contributed by atoms with Crippen LogP contribution in [-0.2, 0) is 6.42 Å². The SMILES string of the molecule is CC.CC.CCCC.CCCCCCC.CCCCCCCC.CCc1ccc(C)cc1. The Kier molecular flexibility index (Phi) is 62.0. The monoisotopic (exact) mass is 453 g/mol. The lowest BCUT2D eigenvalue weighted by atomic mass is 10.1. The molecule has 32 heavy (non-hydrogen) atoms. The smallest absolute Gasteiger partial charge is 0.0307 e. The first-order valence-electron chi connectivity index (χ1n) is 14.6. The molecule has 0 saturated heterocycles. The zero-order valence-corrected chi connectivity index (χ0v) is 25.2. The maximum Gasteiger partial charge on any atom is -0.0307 e. The summed E-state index contributed by atoms with van der Waals surface area (Å²) >= 11 is 0. The highest BCUT2D eigenvalue weighted by Gasteiger charge is 1.85. The van der Waals surface area contributed by atoms with Gasteiger partial charge in [-0.25, -0.2) is 0 Å². The molecule has 0 aliphatic heterocycles. The van der Waals surface area contributed by atoms with E-state index in [1.807, 2.05) is 27.7 Å². The third kappa shape index (κ3) is 51.7. The predicted molar refractivity (Wildman–Crippen MR) is 157 cm³/mol. The second-order valence-corrected chi connectivity index (χ2v) is 7.81. The minimum absolute atomic E-state index is 1.14. The van der Waals surface area contributed by atoms with Crippen molar-refractivity contribution >= 4 is 0 Å². The summed E-state index contributed by atoms with van der Waals surface area (Å²) in [7, 11) is 0. The first kappa shape index (κ1) is 41.5. The van der Waals surface area contributed by atoms with Gasteiger partial charge in [0, 0.05) is 0 Å². The topological polar surface area (TPSA) is 0 Å². The number of aryl methyl sites for hydroxylation is 2. The van der Waals surface area contributed by atoms with Gasteiger partial charge < -0.3 is 0 Å². The molecule has 0 atom stereocenters. The molecule has 0 heteroatoms. The van der Waals surface area contributed by atoms with Crippen LogP contribution in [0.2, 0.25) is 0 Å². The minimum Gasteiger partial charge on any atom is -0.0683 e. The molecule has 0 N–H and O–H groups in total. The lowest BCUT2D eigenvalue weighted by molar-refractivity contribution is 0.624. The quantitative estimate of drug-likeness (QED) is 0.293. The second kappa shape index (κ2) is 47.9. The molecule has 0 heterocycles. The number of hydrogen-bond donors (Lipinski definition) is 0. The van der Waals surface area contributed by atoms with Crippen LogP contribution < -0.4 is 0 Å². The third-order valence-electron chi connectivity index (χ3n) is 4.69. The van der Waals surface area contributed by atoms with Crippen molar-refractivity contribution in [3.05, 3.63) is 35.4 Å². The molecule has 0 aromatic heterocycles. The molecule has 1 aromatic rings. The van der Waals surface area contributed by atoms with Gasteiger partial charge in [0.1, 0.15) is 0 Å². The van der Waals surface area contributed by atoms with Gasteiger partial charge in [-0.3, -0.25) is 0 Å². The highest BCUT2D eigenvalue weighted by molar-refractivity contribution is 5.20. The van der Waals surface area contributed by atoms with E-state index in [1.54, 1.807) is 0 Å². The first-order valence-corrected chi connectivity index (χ1v) is 14.6. The number of unbranched alkanes of at least 4 members (excludes halogenated alkanes) is 10. The normalized spacial score (nSPS) is 8.50. The van der Waals surface area contributed by atoms with E-state index in [1.165, 1.54) is 94.6 Å². The summed E-state index contributed by atoms with van der Waals surface area (Å²) in [5, 5.41) is 0. The van der Waals surface area contributed by atoms with Crippen LogP contribution in [0.4, 0.5) is 0 Å². The summed E-state index contributed by atoms with van der Waals surface area (Å²) in [5.41, 5.74) is 2.76. The van der Waals surface area contributed by atoms with Crippen LogP contribution >= 0.6 is 0 Å². The molecule has 196 valence electrons. The van der Waals surface area contributed by atoms with E-state index in [4.69, 9.17) is 0 Å². The molecular weight excluding hydrogens is 384 g/mol. The van der Waals surface area contributed by atoms with E-state index >= 15 is 0 Å². The van der Waals surface area contributed by atoms with Crippen LogP contribution in [0.15, 0.2) is 24.3 Å². The van der Waals surface area contributed by atoms with Gasteiger partial charge in [-0.05, 0) is 18.9 Å². The van der Waals surface area contributed by atoms with Crippen LogP contribution in [0.1, 0.15) is 171 Å². The predicted octanol–water partition coefficient (Wildman–Crippen LogP) is 12.8. The summed E-state index contributed by atoms with van der Waals surface area (Å²) in [5.74, 6) is 0. The Bertz CT molecular complexity index is 324. The van der Waals surface area contributed by atoms with E-state index in [0.29, 0.717) is 0 Å². The van der Waals surface area contributed by atoms with Crippen molar-refractivity contribution < 1.29 is 0 Å². The fourth-order valence-corrected chi connectivity index (χ4v) is 2.35. The van der Waals surface area contributed by atoms with Gasteiger partial charge in [0.05, 0.1) is 0 Å². The third-order valence-corrected chi connectivity index (χ3v) is 4.69. The molecule has 1 rings (SSSR count). The van der Waals surface area contributed by atoms with E-state index in [0.717, 1.165) is 6.42 Å². The van der Waals surface area contributed by atoms with Crippen LogP contribution in [-0.4, -0.2) is 0 Å². The zero-order valence-electron chi connectivity index (χ0n) is 25.2. The van der Waals surface area contributed by atoms with Crippen molar-refractivity contribution in [1.82, 2.24) is 0 Å². The van der Waals surface area contributed by atoms with Crippen molar-refractivity contribution in [3.8, 4) is 0 Å². The zero-order chi connectivity index (χ0) is 25.9. The Morgan fingerprint density at radius 2 is 0.688 bits per heavy atom. The maximum absolute atomic E-state index is 2.26. The van der Waals surface area contributed by atoms with Gasteiger partial charge in [0.2, 0.25) is 0 Å². The van der Waals surface area contributed by atoms with E-state index in [2.05, 4.69) is 79.7 Å². The highest BCUT2D eigenvalue weighted by atomic mass is 13.9.